The van der Waals surface area contributed by atoms with Gasteiger partial charge < -0.3 is 0 Å². The fourth-order valence-electron chi connectivity index (χ4n) is 2.37. The Labute approximate surface area is 86.8 Å². The predicted molar refractivity (Wildman–Crippen MR) is 63.2 cm³/mol. The van der Waals surface area contributed by atoms with Gasteiger partial charge in [-0.15, -0.1) is 5.73 Å². The van der Waals surface area contributed by atoms with E-state index in [1.54, 1.807) is 0 Å². The van der Waals surface area contributed by atoms with E-state index in [0.717, 1.165) is 0 Å². The summed E-state index contributed by atoms with van der Waals surface area (Å²) in [6.45, 7) is 0. The lowest BCUT2D eigenvalue weighted by molar-refractivity contribution is 1.72. The molecule has 0 spiro atoms. The first kappa shape index (κ1) is 7.28. The van der Waals surface area contributed by atoms with Crippen molar-refractivity contribution in [2.24, 2.45) is 0 Å². The summed E-state index contributed by atoms with van der Waals surface area (Å²) in [6.07, 6.45) is 0. The second kappa shape index (κ2) is 2.31. The molecule has 0 amide bonds. The Morgan fingerprint density at radius 3 is 1.40 bits per heavy atom. The van der Waals surface area contributed by atoms with E-state index in [0.29, 0.717) is 0 Å². The van der Waals surface area contributed by atoms with Gasteiger partial charge in [0, 0.05) is 10.4 Å². The molecule has 3 aromatic carbocycles. The van der Waals surface area contributed by atoms with Gasteiger partial charge in [-0.25, -0.2) is 0 Å². The molecule has 0 unspecified atom stereocenters. The molecule has 0 nitrogen and oxygen atoms in total. The van der Waals surface area contributed by atoms with Gasteiger partial charge in [0.2, 0.25) is 0 Å². The van der Waals surface area contributed by atoms with Gasteiger partial charge in [-0.2, -0.15) is 0 Å². The number of benzene rings is 3. The SMILES string of the molecule is C1=c2c=1c1ccccc1c1ccccc21. The van der Waals surface area contributed by atoms with Crippen molar-refractivity contribution in [2.45, 2.75) is 0 Å². The van der Waals surface area contributed by atoms with Crippen LogP contribution in [0, 0.1) is 0 Å². The van der Waals surface area contributed by atoms with Crippen LogP contribution >= 0.6 is 0 Å². The summed E-state index contributed by atoms with van der Waals surface area (Å²) in [5.74, 6) is 0. The van der Waals surface area contributed by atoms with Gasteiger partial charge in [0.05, 0.1) is 0 Å². The van der Waals surface area contributed by atoms with Crippen molar-refractivity contribution in [2.75, 3.05) is 0 Å². The van der Waals surface area contributed by atoms with Crippen LogP contribution in [-0.4, -0.2) is 0 Å². The van der Waals surface area contributed by atoms with Crippen LogP contribution in [0.2, 0.25) is 0 Å². The monoisotopic (exact) mass is 188 g/mol. The number of rotatable bonds is 0. The summed E-state index contributed by atoms with van der Waals surface area (Å²) in [5.41, 5.74) is 3.38. The van der Waals surface area contributed by atoms with E-state index in [9.17, 15) is 0 Å². The molecule has 0 atom stereocenters. The molecule has 1 aliphatic rings. The van der Waals surface area contributed by atoms with Crippen molar-refractivity contribution >= 4 is 27.3 Å². The van der Waals surface area contributed by atoms with Crippen molar-refractivity contribution in [1.82, 2.24) is 0 Å². The molecule has 0 heteroatoms. The zero-order valence-electron chi connectivity index (χ0n) is 8.12. The van der Waals surface area contributed by atoms with Crippen molar-refractivity contribution in [3.8, 4) is 0 Å². The summed E-state index contributed by atoms with van der Waals surface area (Å²) in [5, 5.41) is 7.99. The molecular formula is C15H8. The second-order valence-corrected chi connectivity index (χ2v) is 3.97. The Hall–Kier alpha value is -2.04. The summed E-state index contributed by atoms with van der Waals surface area (Å²) < 4.78 is 0. The molecule has 68 valence electrons. The Kier molecular flexibility index (Phi) is 1.12. The smallest absolute Gasteiger partial charge is 0.0407 e. The molecular weight excluding hydrogens is 180 g/mol. The molecule has 0 aliphatic heterocycles. The zero-order valence-corrected chi connectivity index (χ0v) is 8.12. The quantitative estimate of drug-likeness (QED) is 0.370. The summed E-state index contributed by atoms with van der Waals surface area (Å²) in [6, 6.07) is 17.1. The van der Waals surface area contributed by atoms with Crippen molar-refractivity contribution < 1.29 is 0 Å². The maximum Gasteiger partial charge on any atom is 0.0407 e. The van der Waals surface area contributed by atoms with Gasteiger partial charge >= 0.3 is 0 Å². The highest BCUT2D eigenvalue weighted by Crippen LogP contribution is 2.20. The first-order chi connectivity index (χ1) is 7.45. The van der Waals surface area contributed by atoms with Gasteiger partial charge in [-0.1, -0.05) is 48.5 Å². The maximum absolute atomic E-state index is 3.38. The third-order valence-electron chi connectivity index (χ3n) is 3.12. The normalized spacial score (nSPS) is 12.0. The van der Waals surface area contributed by atoms with Crippen LogP contribution in [0.4, 0.5) is 0 Å². The highest BCUT2D eigenvalue weighted by molar-refractivity contribution is 6.09. The van der Waals surface area contributed by atoms with Gasteiger partial charge in [0.1, 0.15) is 0 Å². The third kappa shape index (κ3) is 0.823. The minimum absolute atomic E-state index is 1.31. The Balaban J connectivity index is 2.47. The lowest BCUT2D eigenvalue weighted by Gasteiger charge is -2.00. The van der Waals surface area contributed by atoms with Gasteiger partial charge in [0.15, 0.2) is 0 Å². The van der Waals surface area contributed by atoms with Gasteiger partial charge in [0.25, 0.3) is 0 Å². The minimum atomic E-state index is 1.31. The van der Waals surface area contributed by atoms with E-state index in [-0.39, 0.29) is 0 Å². The van der Waals surface area contributed by atoms with Crippen LogP contribution in [-0.2, 0) is 0 Å². The summed E-state index contributed by atoms with van der Waals surface area (Å²) >= 11 is 0. The molecule has 0 heterocycles. The first-order valence-electron chi connectivity index (χ1n) is 5.15. The first-order valence-corrected chi connectivity index (χ1v) is 5.15. The standard InChI is InChI=1S/C15H8/c1-3-7-12-10(5-1)11-6-2-4-8-13(11)15-9-14(12)15/h1-8H. The lowest BCUT2D eigenvalue weighted by Crippen LogP contribution is -2.09. The average Bonchev–Trinajstić information content (AvgIpc) is 3.10. The highest BCUT2D eigenvalue weighted by atomic mass is 14.1. The lowest BCUT2D eigenvalue weighted by atomic mass is 10.0. The molecule has 15 heavy (non-hydrogen) atoms. The van der Waals surface area contributed by atoms with Crippen LogP contribution < -0.4 is 10.4 Å². The predicted octanol–water partition coefficient (Wildman–Crippen LogP) is 2.06. The fourth-order valence-corrected chi connectivity index (χ4v) is 2.37. The third-order valence-corrected chi connectivity index (χ3v) is 3.12. The van der Waals surface area contributed by atoms with Crippen LogP contribution in [0.25, 0.3) is 27.3 Å². The molecule has 0 N–H and O–H groups in total. The molecule has 0 saturated heterocycles. The maximum atomic E-state index is 3.38. The van der Waals surface area contributed by atoms with Crippen LogP contribution in [0.15, 0.2) is 48.5 Å². The Morgan fingerprint density at radius 1 is 0.533 bits per heavy atom. The van der Waals surface area contributed by atoms with Crippen LogP contribution in [0.5, 0.6) is 0 Å². The molecule has 0 aromatic heterocycles. The molecule has 0 bridgehead atoms. The highest BCUT2D eigenvalue weighted by Gasteiger charge is 2.08. The molecule has 0 radical (unpaired) electrons. The molecule has 4 rings (SSSR count). The van der Waals surface area contributed by atoms with Crippen molar-refractivity contribution in [1.29, 1.82) is 0 Å². The molecule has 0 fully saturated rings. The zero-order chi connectivity index (χ0) is 9.83. The van der Waals surface area contributed by atoms with E-state index in [1.807, 2.05) is 0 Å². The van der Waals surface area contributed by atoms with Crippen molar-refractivity contribution in [3.05, 3.63) is 59.0 Å². The van der Waals surface area contributed by atoms with E-state index in [2.05, 4.69) is 54.3 Å². The Bertz CT molecular complexity index is 766. The minimum Gasteiger partial charge on any atom is -0.101 e. The number of hydrogen-bond acceptors (Lipinski definition) is 0. The average molecular weight is 188 g/mol. The Morgan fingerprint density at radius 2 is 0.933 bits per heavy atom. The fraction of sp³-hybridized carbons (Fsp3) is 0. The second-order valence-electron chi connectivity index (χ2n) is 3.97. The van der Waals surface area contributed by atoms with Crippen LogP contribution in [0.1, 0.15) is 0 Å². The molecule has 0 saturated carbocycles. The topological polar surface area (TPSA) is 0 Å². The van der Waals surface area contributed by atoms with Gasteiger partial charge in [-0.05, 0) is 21.5 Å². The van der Waals surface area contributed by atoms with E-state index >= 15 is 0 Å². The van der Waals surface area contributed by atoms with Crippen molar-refractivity contribution in [3.63, 3.8) is 0 Å². The van der Waals surface area contributed by atoms with E-state index in [1.165, 1.54) is 32.0 Å². The molecule has 3 aromatic rings. The number of hydrogen-bond donors (Lipinski definition) is 0. The summed E-state index contributed by atoms with van der Waals surface area (Å²) in [7, 11) is 0. The summed E-state index contributed by atoms with van der Waals surface area (Å²) in [4.78, 5) is 0. The van der Waals surface area contributed by atoms with E-state index < -0.39 is 0 Å². The number of fused-ring (bicyclic) bond motifs is 6. The molecule has 1 aliphatic carbocycles. The van der Waals surface area contributed by atoms with E-state index in [4.69, 9.17) is 0 Å². The van der Waals surface area contributed by atoms with Crippen LogP contribution in [0.3, 0.4) is 0 Å². The van der Waals surface area contributed by atoms with Gasteiger partial charge in [-0.3, -0.25) is 0 Å². The largest absolute Gasteiger partial charge is 0.101 e.